The molecule has 7 N–H and O–H groups in total. The average molecular weight is 1160 g/mol. The van der Waals surface area contributed by atoms with Gasteiger partial charge in [0, 0.05) is 47.8 Å². The number of ether oxygens (including phenoxy) is 2. The van der Waals surface area contributed by atoms with Crippen LogP contribution in [0.4, 0.5) is 0 Å². The van der Waals surface area contributed by atoms with Crippen LogP contribution in [0.2, 0.25) is 0 Å². The molecule has 0 radical (unpaired) electrons. The molecule has 2 saturated heterocycles. The summed E-state index contributed by atoms with van der Waals surface area (Å²) in [5.41, 5.74) is 11.9. The van der Waals surface area contributed by atoms with Crippen LogP contribution in [0.25, 0.3) is 16.7 Å². The van der Waals surface area contributed by atoms with Crippen molar-refractivity contribution in [2.45, 2.75) is 185 Å². The summed E-state index contributed by atoms with van der Waals surface area (Å²) in [7, 11) is 2.08. The molecule has 11 nitrogen and oxygen atoms in total. The molecule has 0 unspecified atom stereocenters. The Bertz CT molecular complexity index is 3350. The van der Waals surface area contributed by atoms with Gasteiger partial charge >= 0.3 is 11.9 Å². The van der Waals surface area contributed by atoms with Crippen molar-refractivity contribution < 1.29 is 29.3 Å². The highest BCUT2D eigenvalue weighted by molar-refractivity contribution is 6.07. The number of carbonyl (C=O) groups excluding carboxylic acids is 2. The van der Waals surface area contributed by atoms with Crippen LogP contribution in [0, 0.1) is 46.3 Å². The van der Waals surface area contributed by atoms with Crippen molar-refractivity contribution in [3.63, 3.8) is 0 Å². The van der Waals surface area contributed by atoms with E-state index in [1.807, 2.05) is 19.1 Å². The molecule has 5 aliphatic heterocycles. The Kier molecular flexibility index (Phi) is 16.2. The number of aliphatic hydroxyl groups is 1. The number of nitrogens with one attached hydrogen (secondary N) is 5. The van der Waals surface area contributed by atoms with Gasteiger partial charge in [-0.15, -0.1) is 0 Å². The predicted octanol–water partition coefficient (Wildman–Crippen LogP) is 13.1. The molecule has 14 bridgehead atoms. The molecule has 7 aliphatic carbocycles. The topological polar surface area (TPSA) is 153 Å². The minimum Gasteiger partial charge on any atom is -0.508 e. The molecule has 0 amide bonds. The van der Waals surface area contributed by atoms with E-state index in [-0.39, 0.29) is 64.5 Å². The van der Waals surface area contributed by atoms with Crippen molar-refractivity contribution in [3.05, 3.63) is 165 Å². The molecule has 4 aromatic rings. The molecule has 86 heavy (non-hydrogen) atoms. The summed E-state index contributed by atoms with van der Waals surface area (Å²) in [5, 5.41) is 42.3. The molecule has 16 rings (SSSR count). The van der Waals surface area contributed by atoms with Crippen molar-refractivity contribution in [3.8, 4) is 16.9 Å². The van der Waals surface area contributed by atoms with Crippen LogP contribution in [-0.2, 0) is 44.0 Å². The van der Waals surface area contributed by atoms with Crippen molar-refractivity contribution in [2.75, 3.05) is 26.7 Å². The van der Waals surface area contributed by atoms with Crippen LogP contribution in [0.5, 0.6) is 5.75 Å². The molecule has 6 fully saturated rings. The van der Waals surface area contributed by atoms with Gasteiger partial charge in [-0.25, -0.2) is 9.59 Å². The van der Waals surface area contributed by atoms with E-state index in [0.717, 1.165) is 142 Å². The molecule has 1 spiro atoms. The van der Waals surface area contributed by atoms with E-state index in [1.54, 1.807) is 6.07 Å². The number of rotatable bonds is 12. The lowest BCUT2D eigenvalue weighted by atomic mass is 9.44. The number of aliphatic hydroxyl groups excluding tert-OH is 1. The number of allylic oxidation sites excluding steroid dienone is 5. The standard InChI is InChI=1S/C75H93N5O6/c1-4-47(35-48-13-6-5-7-14-48)39-64-75-32-24-59-60-21-22-61-63(85-71(83)67(61)68(60)75)25-31-73(54-27-34-78-65(41-54)76-3)30-23-52(43-73)70(79-44-46(2)81)53-36-49(38-55(40-53)74(28-10-11-29-74)80-56-17-8-9-18-56)26-33-77-45-50-15-12-16-51(37-50)58-20-19-57(82)42-62(58)66(59)69(75)72(84)86-64/h5-7,12-16,19-20,25,36-40,42,46-47,52,54,56,59-60,65,68,70,76-82H,4,8-11,17-18,21-24,26-35,41,43-45H2,1-3H3/b63-25?,64-39-/t46-,47-,52-,54+,59+,60-,65-,68+,70-,73+,75+/m0/s1. The van der Waals surface area contributed by atoms with Gasteiger partial charge < -0.3 is 46.3 Å². The van der Waals surface area contributed by atoms with Gasteiger partial charge in [0.15, 0.2) is 0 Å². The summed E-state index contributed by atoms with van der Waals surface area (Å²) in [6.45, 7) is 7.08. The molecule has 4 aromatic carbocycles. The zero-order valence-electron chi connectivity index (χ0n) is 51.3. The lowest BCUT2D eigenvalue weighted by molar-refractivity contribution is -0.135. The van der Waals surface area contributed by atoms with Gasteiger partial charge in [-0.05, 0) is 252 Å². The van der Waals surface area contributed by atoms with Gasteiger partial charge in [0.2, 0.25) is 0 Å². The third-order valence-corrected chi connectivity index (χ3v) is 23.4. The van der Waals surface area contributed by atoms with Crippen molar-refractivity contribution >= 4 is 17.5 Å². The largest absolute Gasteiger partial charge is 0.508 e. The first kappa shape index (κ1) is 58.0. The highest BCUT2D eigenvalue weighted by Crippen LogP contribution is 2.72. The van der Waals surface area contributed by atoms with Gasteiger partial charge in [-0.1, -0.05) is 105 Å². The van der Waals surface area contributed by atoms with E-state index in [4.69, 9.17) is 9.47 Å². The third kappa shape index (κ3) is 10.6. The fourth-order valence-electron chi connectivity index (χ4n) is 19.3. The highest BCUT2D eigenvalue weighted by atomic mass is 16.6. The van der Waals surface area contributed by atoms with Gasteiger partial charge in [-0.2, -0.15) is 0 Å². The van der Waals surface area contributed by atoms with Crippen molar-refractivity contribution in [1.82, 2.24) is 26.6 Å². The first-order valence-electron chi connectivity index (χ1n) is 33.7. The van der Waals surface area contributed by atoms with Crippen molar-refractivity contribution in [2.24, 2.45) is 46.3 Å². The average Bonchev–Trinajstić information content (AvgIpc) is 1.42. The number of hydrogen-bond acceptors (Lipinski definition) is 11. The maximum absolute atomic E-state index is 15.4. The van der Waals surface area contributed by atoms with Crippen LogP contribution in [-0.4, -0.2) is 67.1 Å². The second-order valence-corrected chi connectivity index (χ2v) is 28.3. The number of hydrogen-bond donors (Lipinski definition) is 7. The number of phenolic OH excluding ortho intramolecular Hbond substituents is 1. The normalized spacial score (nSPS) is 31.8. The number of phenols is 1. The number of piperidine rings is 1. The Labute approximate surface area is 510 Å². The van der Waals surface area contributed by atoms with E-state index in [9.17, 15) is 10.2 Å². The van der Waals surface area contributed by atoms with Crippen LogP contribution in [0.15, 0.2) is 131 Å². The van der Waals surface area contributed by atoms with E-state index < -0.39 is 11.5 Å². The summed E-state index contributed by atoms with van der Waals surface area (Å²) < 4.78 is 13.5. The summed E-state index contributed by atoms with van der Waals surface area (Å²) in [6.07, 6.45) is 25.9. The molecule has 454 valence electrons. The Morgan fingerprint density at radius 1 is 0.802 bits per heavy atom. The van der Waals surface area contributed by atoms with E-state index in [0.29, 0.717) is 48.7 Å². The van der Waals surface area contributed by atoms with E-state index in [1.165, 1.54) is 66.3 Å². The zero-order chi connectivity index (χ0) is 58.7. The predicted molar refractivity (Wildman–Crippen MR) is 339 cm³/mol. The number of carbonyl (C=O) groups is 2. The van der Waals surface area contributed by atoms with Gasteiger partial charge in [0.1, 0.15) is 17.3 Å². The molecule has 0 aromatic heterocycles. The number of aromatic hydroxyl groups is 1. The number of cyclic esters (lactones) is 1. The summed E-state index contributed by atoms with van der Waals surface area (Å²) >= 11 is 0. The Morgan fingerprint density at radius 2 is 1.65 bits per heavy atom. The third-order valence-electron chi connectivity index (χ3n) is 23.4. The van der Waals surface area contributed by atoms with E-state index in [2.05, 4.69) is 126 Å². The Balaban J connectivity index is 0.927. The molecular weight excluding hydrogens is 1070 g/mol. The number of benzene rings is 4. The van der Waals surface area contributed by atoms with E-state index >= 15 is 9.59 Å². The smallest absolute Gasteiger partial charge is 0.340 e. The van der Waals surface area contributed by atoms with Crippen molar-refractivity contribution in [1.29, 1.82) is 0 Å². The van der Waals surface area contributed by atoms with Crippen LogP contribution in [0.1, 0.15) is 175 Å². The lowest BCUT2D eigenvalue weighted by Crippen LogP contribution is -2.52. The SMILES string of the molecule is CC[C@H](/C=C1\OC(=O)C2=C3c4cc(O)ccc4-c4cccc(c4)CNCCc4cc(cc(C5(NC6CCCC6)CCCC5)c4)[C@@H](NC[C@H](C)O)[C@H]4CC[C@@]([C@@H]5CCN[C@H](NC)C5)(CC=C5OC(=O)C6=C5CC[C@H]5[C@H]3CC[C@@]21[C@@H]65)C4)Cc1ccccc1. The van der Waals surface area contributed by atoms with Crippen LogP contribution < -0.4 is 26.6 Å². The monoisotopic (exact) mass is 1160 g/mol. The maximum atomic E-state index is 15.4. The lowest BCUT2D eigenvalue weighted by Gasteiger charge is -2.56. The quantitative estimate of drug-likeness (QED) is 0.0679. The van der Waals surface area contributed by atoms with Gasteiger partial charge in [-0.3, -0.25) is 0 Å². The van der Waals surface area contributed by atoms with Crippen LogP contribution in [0.3, 0.4) is 0 Å². The first-order chi connectivity index (χ1) is 41.9. The highest BCUT2D eigenvalue weighted by Gasteiger charge is 2.69. The number of fused-ring (bicyclic) bond motifs is 5. The Hall–Kier alpha value is -5.66. The van der Waals surface area contributed by atoms with Gasteiger partial charge in [0.05, 0.1) is 23.3 Å². The molecule has 5 heterocycles. The molecule has 4 saturated carbocycles. The molecule has 12 aliphatic rings. The molecule has 11 atom stereocenters. The minimum atomic E-state index is -0.891. The second-order valence-electron chi connectivity index (χ2n) is 28.3. The second kappa shape index (κ2) is 24.0. The number of esters is 2. The minimum absolute atomic E-state index is 0.0418. The van der Waals surface area contributed by atoms with Crippen LogP contribution >= 0.6 is 0 Å². The Morgan fingerprint density at radius 3 is 2.47 bits per heavy atom. The maximum Gasteiger partial charge on any atom is 0.340 e. The van der Waals surface area contributed by atoms with Gasteiger partial charge in [0.25, 0.3) is 0 Å². The summed E-state index contributed by atoms with van der Waals surface area (Å²) in [5.74, 6) is 1.53. The summed E-state index contributed by atoms with van der Waals surface area (Å²) in [4.78, 5) is 30.7. The molecule has 11 heteroatoms. The summed E-state index contributed by atoms with van der Waals surface area (Å²) in [6, 6.07) is 33.3. The fraction of sp³-hybridized carbons (Fsp3) is 0.547. The first-order valence-corrected chi connectivity index (χ1v) is 33.7. The molecular formula is C75H93N5O6. The zero-order valence-corrected chi connectivity index (χ0v) is 51.3. The fourth-order valence-corrected chi connectivity index (χ4v) is 19.3.